The topological polar surface area (TPSA) is 93.8 Å². The van der Waals surface area contributed by atoms with Crippen molar-refractivity contribution in [1.82, 2.24) is 0 Å². The Bertz CT molecular complexity index is 485. The van der Waals surface area contributed by atoms with Gasteiger partial charge in [-0.05, 0) is 19.9 Å². The lowest BCUT2D eigenvalue weighted by Gasteiger charge is -2.03. The Hall–Kier alpha value is -2.44. The average molecular weight is 251 g/mol. The summed E-state index contributed by atoms with van der Waals surface area (Å²) in [7, 11) is 0. The molecule has 0 saturated carbocycles. The molecule has 1 aromatic rings. The largest absolute Gasteiger partial charge is 0.461 e. The highest BCUT2D eigenvalue weighted by Crippen LogP contribution is 2.16. The van der Waals surface area contributed by atoms with Crippen LogP contribution < -0.4 is 5.43 Å². The highest BCUT2D eigenvalue weighted by molar-refractivity contribution is 6.35. The summed E-state index contributed by atoms with van der Waals surface area (Å²) >= 11 is 0. The van der Waals surface area contributed by atoms with Crippen molar-refractivity contribution >= 4 is 23.1 Å². The van der Waals surface area contributed by atoms with E-state index in [1.807, 2.05) is 0 Å². The van der Waals surface area contributed by atoms with Gasteiger partial charge < -0.3 is 4.74 Å². The molecule has 0 saturated heterocycles. The number of nitrogens with zero attached hydrogens (tertiary/aromatic N) is 2. The number of hydrogen-bond acceptors (Lipinski definition) is 6. The van der Waals surface area contributed by atoms with Crippen molar-refractivity contribution in [3.05, 3.63) is 34.4 Å². The second kappa shape index (κ2) is 6.33. The summed E-state index contributed by atoms with van der Waals surface area (Å²) in [5, 5.41) is 14.3. The number of ether oxygens (including phenoxy) is 1. The first-order valence-electron chi connectivity index (χ1n) is 5.26. The summed E-state index contributed by atoms with van der Waals surface area (Å²) in [5.41, 5.74) is 3.08. The Morgan fingerprint density at radius 3 is 2.89 bits per heavy atom. The van der Waals surface area contributed by atoms with Gasteiger partial charge in [-0.15, -0.1) is 0 Å². The Kier molecular flexibility index (Phi) is 4.79. The van der Waals surface area contributed by atoms with Crippen LogP contribution >= 0.6 is 0 Å². The molecule has 1 N–H and O–H groups in total. The molecule has 0 bridgehead atoms. The van der Waals surface area contributed by atoms with Crippen molar-refractivity contribution < 1.29 is 14.5 Å². The van der Waals surface area contributed by atoms with Gasteiger partial charge in [-0.1, -0.05) is 6.07 Å². The van der Waals surface area contributed by atoms with E-state index < -0.39 is 10.9 Å². The third-order valence-electron chi connectivity index (χ3n) is 1.98. The molecule has 0 aliphatic rings. The van der Waals surface area contributed by atoms with E-state index in [1.54, 1.807) is 13.0 Å². The molecule has 0 spiro atoms. The molecule has 0 radical (unpaired) electrons. The van der Waals surface area contributed by atoms with Crippen molar-refractivity contribution in [3.8, 4) is 0 Å². The molecule has 1 rings (SSSR count). The summed E-state index contributed by atoms with van der Waals surface area (Å²) in [6.07, 6.45) is 0. The molecule has 18 heavy (non-hydrogen) atoms. The van der Waals surface area contributed by atoms with Crippen molar-refractivity contribution in [2.75, 3.05) is 12.0 Å². The maximum absolute atomic E-state index is 11.2. The first-order valence-corrected chi connectivity index (χ1v) is 5.26. The van der Waals surface area contributed by atoms with Crippen LogP contribution in [0.5, 0.6) is 0 Å². The van der Waals surface area contributed by atoms with Crippen LogP contribution in [0.25, 0.3) is 0 Å². The summed E-state index contributed by atoms with van der Waals surface area (Å²) < 4.78 is 4.74. The molecule has 0 amide bonds. The van der Waals surface area contributed by atoms with Gasteiger partial charge in [-0.25, -0.2) is 4.79 Å². The number of nitrogens with one attached hydrogen (secondary N) is 1. The van der Waals surface area contributed by atoms with Crippen LogP contribution in [-0.4, -0.2) is 23.2 Å². The number of nitro benzene ring substituents is 1. The van der Waals surface area contributed by atoms with Gasteiger partial charge in [0.1, 0.15) is 5.71 Å². The van der Waals surface area contributed by atoms with Gasteiger partial charge in [-0.3, -0.25) is 15.5 Å². The van der Waals surface area contributed by atoms with E-state index in [1.165, 1.54) is 25.1 Å². The summed E-state index contributed by atoms with van der Waals surface area (Å²) in [6, 6.07) is 5.82. The first-order chi connectivity index (χ1) is 8.54. The fraction of sp³-hybridized carbons (Fsp3) is 0.273. The molecular weight excluding hydrogens is 238 g/mol. The monoisotopic (exact) mass is 251 g/mol. The van der Waals surface area contributed by atoms with Crippen molar-refractivity contribution in [2.24, 2.45) is 5.10 Å². The zero-order valence-corrected chi connectivity index (χ0v) is 10.0. The Morgan fingerprint density at radius 1 is 1.56 bits per heavy atom. The van der Waals surface area contributed by atoms with Crippen LogP contribution in [0, 0.1) is 10.1 Å². The molecule has 0 fully saturated rings. The van der Waals surface area contributed by atoms with Crippen molar-refractivity contribution in [1.29, 1.82) is 0 Å². The number of nitro groups is 1. The Labute approximate surface area is 104 Å². The second-order valence-corrected chi connectivity index (χ2v) is 3.34. The standard InChI is InChI=1S/C11H13N3O4/c1-3-18-11(15)8(2)12-13-9-5-4-6-10(7-9)14(16)17/h4-7,13H,3H2,1-2H3/b12-8+. The van der Waals surface area contributed by atoms with Crippen molar-refractivity contribution in [2.45, 2.75) is 13.8 Å². The molecule has 7 nitrogen and oxygen atoms in total. The number of esters is 1. The van der Waals surface area contributed by atoms with Gasteiger partial charge >= 0.3 is 5.97 Å². The Balaban J connectivity index is 2.73. The van der Waals surface area contributed by atoms with Crippen LogP contribution in [0.1, 0.15) is 13.8 Å². The minimum Gasteiger partial charge on any atom is -0.461 e. The normalized spacial score (nSPS) is 10.9. The number of carbonyl (C=O) groups excluding carboxylic acids is 1. The SMILES string of the molecule is CCOC(=O)/C(C)=N/Nc1cccc([N+](=O)[O-])c1. The third-order valence-corrected chi connectivity index (χ3v) is 1.98. The van der Waals surface area contributed by atoms with Gasteiger partial charge in [0.05, 0.1) is 17.2 Å². The van der Waals surface area contributed by atoms with E-state index in [-0.39, 0.29) is 18.0 Å². The average Bonchev–Trinajstić information content (AvgIpc) is 2.36. The van der Waals surface area contributed by atoms with Gasteiger partial charge in [0.15, 0.2) is 0 Å². The Morgan fingerprint density at radius 2 is 2.28 bits per heavy atom. The van der Waals surface area contributed by atoms with Gasteiger partial charge in [0.2, 0.25) is 0 Å². The fourth-order valence-electron chi connectivity index (χ4n) is 1.12. The number of anilines is 1. The molecule has 0 atom stereocenters. The number of carbonyl (C=O) groups is 1. The van der Waals surface area contributed by atoms with Crippen LogP contribution in [0.15, 0.2) is 29.4 Å². The minimum absolute atomic E-state index is 0.0519. The lowest BCUT2D eigenvalue weighted by Crippen LogP contribution is -2.15. The van der Waals surface area contributed by atoms with Crippen molar-refractivity contribution in [3.63, 3.8) is 0 Å². The quantitative estimate of drug-likeness (QED) is 0.373. The van der Waals surface area contributed by atoms with Gasteiger partial charge in [-0.2, -0.15) is 5.10 Å². The molecule has 0 aromatic heterocycles. The smallest absolute Gasteiger partial charge is 0.354 e. The highest BCUT2D eigenvalue weighted by Gasteiger charge is 2.07. The molecule has 0 heterocycles. The number of benzene rings is 1. The van der Waals surface area contributed by atoms with E-state index in [9.17, 15) is 14.9 Å². The molecule has 0 aliphatic heterocycles. The fourth-order valence-corrected chi connectivity index (χ4v) is 1.12. The summed E-state index contributed by atoms with van der Waals surface area (Å²) in [5.74, 6) is -0.532. The number of hydrogen-bond donors (Lipinski definition) is 1. The van der Waals surface area contributed by atoms with Crippen LogP contribution in [-0.2, 0) is 9.53 Å². The summed E-state index contributed by atoms with van der Waals surface area (Å²) in [4.78, 5) is 21.3. The van der Waals surface area contributed by atoms with E-state index in [0.29, 0.717) is 5.69 Å². The number of rotatable bonds is 5. The second-order valence-electron chi connectivity index (χ2n) is 3.34. The summed E-state index contributed by atoms with van der Waals surface area (Å²) in [6.45, 7) is 3.45. The van der Waals surface area contributed by atoms with Crippen LogP contribution in [0.4, 0.5) is 11.4 Å². The molecule has 7 heteroatoms. The lowest BCUT2D eigenvalue weighted by molar-refractivity contribution is -0.384. The maximum atomic E-state index is 11.2. The van der Waals surface area contributed by atoms with Crippen LogP contribution in [0.3, 0.4) is 0 Å². The lowest BCUT2D eigenvalue weighted by atomic mass is 10.3. The molecule has 0 unspecified atom stereocenters. The predicted octanol–water partition coefficient (Wildman–Crippen LogP) is 1.95. The molecular formula is C11H13N3O4. The van der Waals surface area contributed by atoms with E-state index in [2.05, 4.69) is 10.5 Å². The zero-order chi connectivity index (χ0) is 13.5. The molecule has 1 aromatic carbocycles. The zero-order valence-electron chi connectivity index (χ0n) is 10.0. The minimum atomic E-state index is -0.532. The van der Waals surface area contributed by atoms with E-state index in [4.69, 9.17) is 4.74 Å². The van der Waals surface area contributed by atoms with E-state index >= 15 is 0 Å². The van der Waals surface area contributed by atoms with Gasteiger partial charge in [0, 0.05) is 12.1 Å². The first kappa shape index (κ1) is 13.6. The molecule has 96 valence electrons. The predicted molar refractivity (Wildman–Crippen MR) is 66.5 cm³/mol. The molecule has 0 aliphatic carbocycles. The number of hydrazone groups is 1. The third kappa shape index (κ3) is 3.85. The highest BCUT2D eigenvalue weighted by atomic mass is 16.6. The van der Waals surface area contributed by atoms with Gasteiger partial charge in [0.25, 0.3) is 5.69 Å². The van der Waals surface area contributed by atoms with E-state index in [0.717, 1.165) is 0 Å². The maximum Gasteiger partial charge on any atom is 0.354 e. The number of non-ortho nitro benzene ring substituents is 1. The van der Waals surface area contributed by atoms with Crippen LogP contribution in [0.2, 0.25) is 0 Å².